The van der Waals surface area contributed by atoms with Crippen LogP contribution in [0, 0.1) is 0 Å². The Bertz CT molecular complexity index is 851. The molecule has 0 bridgehead atoms. The number of ether oxygens (including phenoxy) is 1. The van der Waals surface area contributed by atoms with Crippen LogP contribution in [-0.2, 0) is 11.3 Å². The molecule has 4 rings (SSSR count). The van der Waals surface area contributed by atoms with Crippen molar-refractivity contribution in [1.29, 1.82) is 0 Å². The number of carbonyl (C=O) groups is 1. The van der Waals surface area contributed by atoms with Crippen molar-refractivity contribution in [2.45, 2.75) is 45.2 Å². The van der Waals surface area contributed by atoms with Gasteiger partial charge in [0.25, 0.3) is 0 Å². The maximum Gasteiger partial charge on any atom is 0.236 e. The maximum absolute atomic E-state index is 13.1. The molecule has 1 heterocycles. The number of piperazine rings is 1. The number of hydrogen-bond donors (Lipinski definition) is 0. The summed E-state index contributed by atoms with van der Waals surface area (Å²) in [5, 5.41) is 0. The van der Waals surface area contributed by atoms with Crippen molar-refractivity contribution in [2.75, 3.05) is 44.7 Å². The molecule has 0 atom stereocenters. The van der Waals surface area contributed by atoms with Crippen LogP contribution in [0.5, 0.6) is 5.75 Å². The summed E-state index contributed by atoms with van der Waals surface area (Å²) in [6.07, 6.45) is 2.42. The van der Waals surface area contributed by atoms with Crippen LogP contribution < -0.4 is 9.64 Å². The lowest BCUT2D eigenvalue weighted by Crippen LogP contribution is -2.51. The maximum atomic E-state index is 13.1. The lowest BCUT2D eigenvalue weighted by molar-refractivity contribution is -0.133. The summed E-state index contributed by atoms with van der Waals surface area (Å²) < 4.78 is 5.25. The van der Waals surface area contributed by atoms with Gasteiger partial charge in [-0.2, -0.15) is 0 Å². The molecule has 2 aliphatic rings. The Morgan fingerprint density at radius 2 is 1.65 bits per heavy atom. The van der Waals surface area contributed by atoms with E-state index in [1.54, 1.807) is 7.11 Å². The first-order valence-electron chi connectivity index (χ1n) is 11.5. The fraction of sp³-hybridized carbons (Fsp3) is 0.500. The molecule has 2 aromatic carbocycles. The molecule has 2 aromatic rings. The Morgan fingerprint density at radius 1 is 1.00 bits per heavy atom. The van der Waals surface area contributed by atoms with Crippen molar-refractivity contribution in [3.8, 4) is 5.75 Å². The van der Waals surface area contributed by atoms with Gasteiger partial charge in [-0.05, 0) is 54.2 Å². The van der Waals surface area contributed by atoms with Gasteiger partial charge in [0, 0.05) is 44.5 Å². The zero-order valence-electron chi connectivity index (χ0n) is 19.1. The van der Waals surface area contributed by atoms with Crippen LogP contribution in [0.15, 0.2) is 48.5 Å². The molecule has 166 valence electrons. The highest BCUT2D eigenvalue weighted by atomic mass is 16.5. The van der Waals surface area contributed by atoms with Gasteiger partial charge in [-0.25, -0.2) is 0 Å². The number of benzene rings is 2. The highest BCUT2D eigenvalue weighted by Crippen LogP contribution is 2.29. The van der Waals surface area contributed by atoms with Gasteiger partial charge < -0.3 is 14.5 Å². The van der Waals surface area contributed by atoms with Crippen molar-refractivity contribution >= 4 is 11.6 Å². The quantitative estimate of drug-likeness (QED) is 0.642. The zero-order valence-corrected chi connectivity index (χ0v) is 19.1. The minimum absolute atomic E-state index is 0.264. The molecule has 0 aromatic heterocycles. The number of methoxy groups -OCH3 is 1. The monoisotopic (exact) mass is 421 g/mol. The molecule has 1 saturated heterocycles. The molecule has 0 radical (unpaired) electrons. The molecule has 1 aliphatic heterocycles. The largest absolute Gasteiger partial charge is 0.497 e. The molecule has 5 nitrogen and oxygen atoms in total. The van der Waals surface area contributed by atoms with Crippen LogP contribution in [0.3, 0.4) is 0 Å². The van der Waals surface area contributed by atoms with E-state index in [4.69, 9.17) is 4.74 Å². The highest BCUT2D eigenvalue weighted by molar-refractivity contribution is 5.78. The molecule has 0 N–H and O–H groups in total. The van der Waals surface area contributed by atoms with Gasteiger partial charge in [-0.1, -0.05) is 38.1 Å². The molecule has 2 fully saturated rings. The summed E-state index contributed by atoms with van der Waals surface area (Å²) in [4.78, 5) is 19.8. The lowest BCUT2D eigenvalue weighted by Gasteiger charge is -2.37. The minimum atomic E-state index is 0.264. The van der Waals surface area contributed by atoms with Crippen LogP contribution in [0.1, 0.15) is 43.7 Å². The Kier molecular flexibility index (Phi) is 6.81. The van der Waals surface area contributed by atoms with E-state index in [0.29, 0.717) is 18.5 Å². The van der Waals surface area contributed by atoms with Crippen LogP contribution in [0.4, 0.5) is 5.69 Å². The van der Waals surface area contributed by atoms with Gasteiger partial charge in [0.15, 0.2) is 0 Å². The van der Waals surface area contributed by atoms with E-state index < -0.39 is 0 Å². The standard InChI is InChI=1S/C26H35N3O2/c1-20(2)22-6-4-21(5-7-22)18-29(24-8-9-24)19-26(30)28-16-14-27(15-17-28)23-10-12-25(31-3)13-11-23/h4-7,10-13,20,24H,8-9,14-19H2,1-3H3. The third-order valence-electron chi connectivity index (χ3n) is 6.50. The van der Waals surface area contributed by atoms with Crippen molar-refractivity contribution in [1.82, 2.24) is 9.80 Å². The molecule has 0 unspecified atom stereocenters. The molecule has 1 saturated carbocycles. The average molecular weight is 422 g/mol. The molecule has 5 heteroatoms. The van der Waals surface area contributed by atoms with Crippen molar-refractivity contribution in [2.24, 2.45) is 0 Å². The van der Waals surface area contributed by atoms with Crippen molar-refractivity contribution < 1.29 is 9.53 Å². The van der Waals surface area contributed by atoms with E-state index in [-0.39, 0.29) is 5.91 Å². The van der Waals surface area contributed by atoms with E-state index in [9.17, 15) is 4.79 Å². The first-order chi connectivity index (χ1) is 15.0. The first-order valence-corrected chi connectivity index (χ1v) is 11.5. The van der Waals surface area contributed by atoms with Gasteiger partial charge in [0.1, 0.15) is 5.75 Å². The molecule has 0 spiro atoms. The second-order valence-electron chi connectivity index (χ2n) is 9.10. The molecular weight excluding hydrogens is 386 g/mol. The Hall–Kier alpha value is -2.53. The summed E-state index contributed by atoms with van der Waals surface area (Å²) in [6.45, 7) is 9.14. The van der Waals surface area contributed by atoms with Crippen molar-refractivity contribution in [3.05, 3.63) is 59.7 Å². The summed E-state index contributed by atoms with van der Waals surface area (Å²) in [5.41, 5.74) is 3.86. The fourth-order valence-electron chi connectivity index (χ4n) is 4.28. The fourth-order valence-corrected chi connectivity index (χ4v) is 4.28. The normalized spacial score (nSPS) is 16.8. The highest BCUT2D eigenvalue weighted by Gasteiger charge is 2.32. The lowest BCUT2D eigenvalue weighted by atomic mass is 10.0. The van der Waals surface area contributed by atoms with E-state index in [1.807, 2.05) is 17.0 Å². The van der Waals surface area contributed by atoms with Crippen LogP contribution in [-0.4, -0.2) is 61.6 Å². The van der Waals surface area contributed by atoms with E-state index in [1.165, 1.54) is 29.7 Å². The number of amides is 1. The predicted molar refractivity (Wildman–Crippen MR) is 126 cm³/mol. The second-order valence-corrected chi connectivity index (χ2v) is 9.10. The zero-order chi connectivity index (χ0) is 21.8. The average Bonchev–Trinajstić information content (AvgIpc) is 3.65. The Morgan fingerprint density at radius 3 is 2.19 bits per heavy atom. The van der Waals surface area contributed by atoms with Gasteiger partial charge in [0.2, 0.25) is 5.91 Å². The first kappa shape index (κ1) is 21.7. The molecule has 1 aliphatic carbocycles. The Balaban J connectivity index is 1.30. The van der Waals surface area contributed by atoms with Crippen molar-refractivity contribution in [3.63, 3.8) is 0 Å². The molecule has 1 amide bonds. The summed E-state index contributed by atoms with van der Waals surface area (Å²) in [6, 6.07) is 17.6. The van der Waals surface area contributed by atoms with Crippen LogP contribution in [0.2, 0.25) is 0 Å². The summed E-state index contributed by atoms with van der Waals surface area (Å²) >= 11 is 0. The van der Waals surface area contributed by atoms with E-state index >= 15 is 0 Å². The van der Waals surface area contributed by atoms with Gasteiger partial charge in [-0.15, -0.1) is 0 Å². The third kappa shape index (κ3) is 5.59. The minimum Gasteiger partial charge on any atom is -0.497 e. The topological polar surface area (TPSA) is 36.0 Å². The number of nitrogens with zero attached hydrogens (tertiary/aromatic N) is 3. The van der Waals surface area contributed by atoms with E-state index in [2.05, 4.69) is 60.0 Å². The SMILES string of the molecule is COc1ccc(N2CCN(C(=O)CN(Cc3ccc(C(C)C)cc3)C3CC3)CC2)cc1. The number of carbonyl (C=O) groups excluding carboxylic acids is 1. The summed E-state index contributed by atoms with van der Waals surface area (Å²) in [7, 11) is 1.69. The third-order valence-corrected chi connectivity index (χ3v) is 6.50. The number of hydrogen-bond acceptors (Lipinski definition) is 4. The van der Waals surface area contributed by atoms with Gasteiger partial charge in [0.05, 0.1) is 13.7 Å². The molecular formula is C26H35N3O2. The van der Waals surface area contributed by atoms with Gasteiger partial charge in [-0.3, -0.25) is 9.69 Å². The van der Waals surface area contributed by atoms with Crippen LogP contribution >= 0.6 is 0 Å². The predicted octanol–water partition coefficient (Wildman–Crippen LogP) is 4.13. The summed E-state index contributed by atoms with van der Waals surface area (Å²) in [5.74, 6) is 1.68. The second kappa shape index (κ2) is 9.73. The van der Waals surface area contributed by atoms with E-state index in [0.717, 1.165) is 38.5 Å². The van der Waals surface area contributed by atoms with Gasteiger partial charge >= 0.3 is 0 Å². The number of anilines is 1. The van der Waals surface area contributed by atoms with Crippen LogP contribution in [0.25, 0.3) is 0 Å². The smallest absolute Gasteiger partial charge is 0.236 e. The molecule has 31 heavy (non-hydrogen) atoms. The number of rotatable bonds is 8. The Labute approximate surface area is 186 Å².